The molecule has 0 atom stereocenters. The van der Waals surface area contributed by atoms with Crippen molar-refractivity contribution in [2.75, 3.05) is 0 Å². The Bertz CT molecular complexity index is 593. The van der Waals surface area contributed by atoms with Crippen molar-refractivity contribution in [1.82, 2.24) is 9.55 Å². The van der Waals surface area contributed by atoms with E-state index in [0.717, 1.165) is 6.07 Å². The number of hydrogen-bond acceptors (Lipinski definition) is 2. The van der Waals surface area contributed by atoms with E-state index in [1.807, 2.05) is 0 Å². The number of benzene rings is 1. The number of imidazole rings is 1. The first-order valence-corrected chi connectivity index (χ1v) is 5.01. The summed E-state index contributed by atoms with van der Waals surface area (Å²) in [6, 6.07) is 1.94. The standard InChI is InChI=1S/C11H10F2N2O2/c1-15-8-5-6(12)4-7(13)11(8)14-9(15)2-3-10(16)17/h4-5H,2-3H2,1H3,(H,16,17). The molecule has 1 N–H and O–H groups in total. The van der Waals surface area contributed by atoms with Crippen molar-refractivity contribution in [3.8, 4) is 0 Å². The van der Waals surface area contributed by atoms with Gasteiger partial charge in [-0.1, -0.05) is 0 Å². The lowest BCUT2D eigenvalue weighted by Crippen LogP contribution is -2.03. The van der Waals surface area contributed by atoms with Crippen LogP contribution in [0.15, 0.2) is 12.1 Å². The maximum atomic E-state index is 13.4. The monoisotopic (exact) mass is 240 g/mol. The highest BCUT2D eigenvalue weighted by molar-refractivity contribution is 5.77. The van der Waals surface area contributed by atoms with Gasteiger partial charge in [-0.2, -0.15) is 0 Å². The second-order valence-electron chi connectivity index (χ2n) is 3.74. The molecule has 0 aliphatic rings. The van der Waals surface area contributed by atoms with Crippen LogP contribution >= 0.6 is 0 Å². The molecule has 1 aromatic carbocycles. The van der Waals surface area contributed by atoms with Crippen molar-refractivity contribution in [2.45, 2.75) is 12.8 Å². The lowest BCUT2D eigenvalue weighted by Gasteiger charge is -2.00. The molecule has 90 valence electrons. The van der Waals surface area contributed by atoms with Gasteiger partial charge in [-0.05, 0) is 6.07 Å². The van der Waals surface area contributed by atoms with Crippen LogP contribution in [-0.4, -0.2) is 20.6 Å². The van der Waals surface area contributed by atoms with E-state index in [1.54, 1.807) is 7.05 Å². The van der Waals surface area contributed by atoms with Gasteiger partial charge in [0.15, 0.2) is 5.82 Å². The Balaban J connectivity index is 2.49. The van der Waals surface area contributed by atoms with E-state index >= 15 is 0 Å². The summed E-state index contributed by atoms with van der Waals surface area (Å²) >= 11 is 0. The van der Waals surface area contributed by atoms with Gasteiger partial charge in [-0.15, -0.1) is 0 Å². The highest BCUT2D eigenvalue weighted by Crippen LogP contribution is 2.20. The SMILES string of the molecule is Cn1c(CCC(=O)O)nc2c(F)cc(F)cc21. The molecule has 0 fully saturated rings. The van der Waals surface area contributed by atoms with E-state index in [2.05, 4.69) is 4.98 Å². The molecule has 0 saturated heterocycles. The molecule has 17 heavy (non-hydrogen) atoms. The molecular formula is C11H10F2N2O2. The van der Waals surface area contributed by atoms with E-state index in [1.165, 1.54) is 10.6 Å². The molecule has 0 radical (unpaired) electrons. The number of carbonyl (C=O) groups is 1. The van der Waals surface area contributed by atoms with Crippen LogP contribution in [0, 0.1) is 11.6 Å². The number of hydrogen-bond donors (Lipinski definition) is 1. The molecule has 0 aliphatic carbocycles. The molecule has 2 rings (SSSR count). The van der Waals surface area contributed by atoms with Crippen LogP contribution in [-0.2, 0) is 18.3 Å². The summed E-state index contributed by atoms with van der Waals surface area (Å²) in [7, 11) is 1.60. The van der Waals surface area contributed by atoms with Crippen molar-refractivity contribution < 1.29 is 18.7 Å². The first kappa shape index (κ1) is 11.5. The van der Waals surface area contributed by atoms with Crippen molar-refractivity contribution in [2.24, 2.45) is 7.05 Å². The van der Waals surface area contributed by atoms with Crippen LogP contribution < -0.4 is 0 Å². The van der Waals surface area contributed by atoms with Crippen molar-refractivity contribution in [3.05, 3.63) is 29.6 Å². The number of carboxylic acids is 1. The van der Waals surface area contributed by atoms with Crippen molar-refractivity contribution >= 4 is 17.0 Å². The molecule has 1 heterocycles. The molecule has 0 aliphatic heterocycles. The summed E-state index contributed by atoms with van der Waals surface area (Å²) in [6.45, 7) is 0. The van der Waals surface area contributed by atoms with Gasteiger partial charge in [-0.3, -0.25) is 4.79 Å². The predicted molar refractivity (Wildman–Crippen MR) is 56.6 cm³/mol. The largest absolute Gasteiger partial charge is 0.481 e. The topological polar surface area (TPSA) is 55.1 Å². The fourth-order valence-electron chi connectivity index (χ4n) is 1.70. The fraction of sp³-hybridized carbons (Fsp3) is 0.273. The summed E-state index contributed by atoms with van der Waals surface area (Å²) in [5.41, 5.74) is 0.386. The van der Waals surface area contributed by atoms with Crippen LogP contribution in [0.4, 0.5) is 8.78 Å². The molecule has 6 heteroatoms. The Labute approximate surface area is 95.5 Å². The zero-order valence-electron chi connectivity index (χ0n) is 9.07. The second kappa shape index (κ2) is 4.12. The predicted octanol–water partition coefficient (Wildman–Crippen LogP) is 1.87. The Morgan fingerprint density at radius 2 is 2.18 bits per heavy atom. The highest BCUT2D eigenvalue weighted by atomic mass is 19.1. The third-order valence-electron chi connectivity index (χ3n) is 2.56. The van der Waals surface area contributed by atoms with Crippen molar-refractivity contribution in [1.29, 1.82) is 0 Å². The van der Waals surface area contributed by atoms with Gasteiger partial charge in [-0.25, -0.2) is 13.8 Å². The fourth-order valence-corrected chi connectivity index (χ4v) is 1.70. The normalized spacial score (nSPS) is 11.0. The maximum Gasteiger partial charge on any atom is 0.303 e. The zero-order valence-corrected chi connectivity index (χ0v) is 9.07. The van der Waals surface area contributed by atoms with E-state index in [-0.39, 0.29) is 18.4 Å². The molecule has 2 aromatic rings. The molecule has 0 spiro atoms. The third kappa shape index (κ3) is 2.11. The van der Waals surface area contributed by atoms with Crippen LogP contribution in [0.1, 0.15) is 12.2 Å². The quantitative estimate of drug-likeness (QED) is 0.891. The Morgan fingerprint density at radius 1 is 1.47 bits per heavy atom. The molecular weight excluding hydrogens is 230 g/mol. The van der Waals surface area contributed by atoms with Gasteiger partial charge in [0.1, 0.15) is 17.2 Å². The molecule has 0 saturated carbocycles. The number of aryl methyl sites for hydroxylation is 2. The summed E-state index contributed by atoms with van der Waals surface area (Å²) in [6.07, 6.45) is 0.0861. The summed E-state index contributed by atoms with van der Waals surface area (Å²) in [4.78, 5) is 14.4. The van der Waals surface area contributed by atoms with E-state index in [9.17, 15) is 13.6 Å². The van der Waals surface area contributed by atoms with Crippen LogP contribution in [0.3, 0.4) is 0 Å². The van der Waals surface area contributed by atoms with E-state index < -0.39 is 17.6 Å². The van der Waals surface area contributed by atoms with Crippen LogP contribution in [0.25, 0.3) is 11.0 Å². The average molecular weight is 240 g/mol. The summed E-state index contributed by atoms with van der Waals surface area (Å²) in [5.74, 6) is -1.95. The van der Waals surface area contributed by atoms with Gasteiger partial charge in [0.2, 0.25) is 0 Å². The molecule has 0 amide bonds. The second-order valence-corrected chi connectivity index (χ2v) is 3.74. The smallest absolute Gasteiger partial charge is 0.303 e. The van der Waals surface area contributed by atoms with E-state index in [0.29, 0.717) is 11.3 Å². The zero-order chi connectivity index (χ0) is 12.6. The molecule has 0 unspecified atom stereocenters. The number of rotatable bonds is 3. The first-order chi connectivity index (χ1) is 7.99. The minimum absolute atomic E-state index is 0.0642. The molecule has 1 aromatic heterocycles. The van der Waals surface area contributed by atoms with Gasteiger partial charge in [0, 0.05) is 19.5 Å². The minimum Gasteiger partial charge on any atom is -0.481 e. The minimum atomic E-state index is -0.955. The Hall–Kier alpha value is -1.98. The van der Waals surface area contributed by atoms with Crippen molar-refractivity contribution in [3.63, 3.8) is 0 Å². The Kier molecular flexibility index (Phi) is 2.79. The lowest BCUT2D eigenvalue weighted by atomic mass is 10.3. The summed E-state index contributed by atoms with van der Waals surface area (Å²) in [5, 5.41) is 8.57. The number of aliphatic carboxylic acids is 1. The van der Waals surface area contributed by atoms with E-state index in [4.69, 9.17) is 5.11 Å². The van der Waals surface area contributed by atoms with Gasteiger partial charge >= 0.3 is 5.97 Å². The highest BCUT2D eigenvalue weighted by Gasteiger charge is 2.13. The number of halogens is 2. The third-order valence-corrected chi connectivity index (χ3v) is 2.56. The molecule has 0 bridgehead atoms. The number of carboxylic acid groups (broad SMARTS) is 1. The number of aromatic nitrogens is 2. The maximum absolute atomic E-state index is 13.4. The lowest BCUT2D eigenvalue weighted by molar-refractivity contribution is -0.137. The van der Waals surface area contributed by atoms with Gasteiger partial charge in [0.25, 0.3) is 0 Å². The average Bonchev–Trinajstić information content (AvgIpc) is 2.54. The first-order valence-electron chi connectivity index (χ1n) is 5.01. The summed E-state index contributed by atoms with van der Waals surface area (Å²) < 4.78 is 27.9. The number of fused-ring (bicyclic) bond motifs is 1. The van der Waals surface area contributed by atoms with Crippen LogP contribution in [0.5, 0.6) is 0 Å². The van der Waals surface area contributed by atoms with Crippen LogP contribution in [0.2, 0.25) is 0 Å². The number of nitrogens with zero attached hydrogens (tertiary/aromatic N) is 2. The Morgan fingerprint density at radius 3 is 2.82 bits per heavy atom. The molecule has 4 nitrogen and oxygen atoms in total. The van der Waals surface area contributed by atoms with Gasteiger partial charge in [0.05, 0.1) is 11.9 Å². The van der Waals surface area contributed by atoms with Gasteiger partial charge < -0.3 is 9.67 Å².